The maximum absolute atomic E-state index is 12.0. The number of anilines is 3. The number of fused-ring (bicyclic) bond motifs is 1. The Kier molecular flexibility index (Phi) is 3.64. The van der Waals surface area contributed by atoms with Crippen LogP contribution in [0.15, 0.2) is 18.2 Å². The lowest BCUT2D eigenvalue weighted by molar-refractivity contribution is -0.116. The predicted octanol–water partition coefficient (Wildman–Crippen LogP) is 1.80. The van der Waals surface area contributed by atoms with E-state index in [2.05, 4.69) is 5.32 Å². The van der Waals surface area contributed by atoms with Gasteiger partial charge in [0.15, 0.2) is 0 Å². The minimum atomic E-state index is -3.47. The molecular formula is C13H19N3O3S. The number of hydrogen-bond acceptors (Lipinski definition) is 3. The first-order chi connectivity index (χ1) is 9.23. The van der Waals surface area contributed by atoms with E-state index in [0.29, 0.717) is 23.5 Å². The van der Waals surface area contributed by atoms with Gasteiger partial charge in [0.1, 0.15) is 0 Å². The molecule has 110 valence electrons. The second-order valence-corrected chi connectivity index (χ2v) is 7.28. The number of carbonyl (C=O) groups excluding carboxylic acids is 1. The van der Waals surface area contributed by atoms with Gasteiger partial charge in [0, 0.05) is 26.2 Å². The highest BCUT2D eigenvalue weighted by Gasteiger charge is 2.35. The van der Waals surface area contributed by atoms with Crippen molar-refractivity contribution >= 4 is 33.2 Å². The lowest BCUT2D eigenvalue weighted by Crippen LogP contribution is -2.32. The molecule has 0 aliphatic carbocycles. The highest BCUT2D eigenvalue weighted by molar-refractivity contribution is 7.94. The summed E-state index contributed by atoms with van der Waals surface area (Å²) in [5, 5.41) is 2.79. The summed E-state index contributed by atoms with van der Waals surface area (Å²) in [4.78, 5) is 11.7. The molecule has 1 aliphatic heterocycles. The molecule has 1 aromatic carbocycles. The van der Waals surface area contributed by atoms with Crippen LogP contribution < -0.4 is 13.9 Å². The maximum Gasteiger partial charge on any atom is 0.326 e. The molecule has 1 aliphatic rings. The molecule has 0 radical (unpaired) electrons. The van der Waals surface area contributed by atoms with Gasteiger partial charge in [-0.15, -0.1) is 0 Å². The number of nitrogens with zero attached hydrogens (tertiary/aromatic N) is 2. The normalized spacial score (nSPS) is 16.4. The Balaban J connectivity index is 2.27. The molecule has 0 spiro atoms. The van der Waals surface area contributed by atoms with Gasteiger partial charge in [-0.25, -0.2) is 0 Å². The zero-order valence-electron chi connectivity index (χ0n) is 12.0. The van der Waals surface area contributed by atoms with Crippen LogP contribution in [0.25, 0.3) is 0 Å². The average molecular weight is 297 g/mol. The molecule has 20 heavy (non-hydrogen) atoms. The highest BCUT2D eigenvalue weighted by atomic mass is 32.2. The van der Waals surface area contributed by atoms with Crippen LogP contribution in [-0.2, 0) is 15.0 Å². The van der Waals surface area contributed by atoms with Crippen molar-refractivity contribution in [2.24, 2.45) is 5.92 Å². The predicted molar refractivity (Wildman–Crippen MR) is 80.3 cm³/mol. The van der Waals surface area contributed by atoms with Crippen molar-refractivity contribution in [3.8, 4) is 0 Å². The van der Waals surface area contributed by atoms with Crippen LogP contribution in [0.1, 0.15) is 20.3 Å². The summed E-state index contributed by atoms with van der Waals surface area (Å²) in [6.45, 7) is 3.94. The van der Waals surface area contributed by atoms with E-state index in [9.17, 15) is 13.2 Å². The largest absolute Gasteiger partial charge is 0.326 e. The quantitative estimate of drug-likeness (QED) is 0.925. The summed E-state index contributed by atoms with van der Waals surface area (Å²) in [5.41, 5.74) is 1.77. The maximum atomic E-state index is 12.0. The van der Waals surface area contributed by atoms with Crippen molar-refractivity contribution in [3.63, 3.8) is 0 Å². The van der Waals surface area contributed by atoms with Crippen molar-refractivity contribution in [2.75, 3.05) is 28.0 Å². The van der Waals surface area contributed by atoms with Crippen LogP contribution in [0.3, 0.4) is 0 Å². The molecule has 1 heterocycles. The van der Waals surface area contributed by atoms with Crippen molar-refractivity contribution in [1.29, 1.82) is 0 Å². The Bertz CT molecular complexity index is 640. The third-order valence-electron chi connectivity index (χ3n) is 3.22. The number of amides is 1. The highest BCUT2D eigenvalue weighted by Crippen LogP contribution is 2.40. The molecule has 0 saturated heterocycles. The van der Waals surface area contributed by atoms with Crippen LogP contribution >= 0.6 is 0 Å². The zero-order chi connectivity index (χ0) is 15.1. The fourth-order valence-electron chi connectivity index (χ4n) is 2.13. The molecule has 0 saturated carbocycles. The van der Waals surface area contributed by atoms with E-state index in [-0.39, 0.29) is 11.8 Å². The van der Waals surface area contributed by atoms with E-state index in [1.54, 1.807) is 18.2 Å². The van der Waals surface area contributed by atoms with Gasteiger partial charge in [-0.2, -0.15) is 8.42 Å². The monoisotopic (exact) mass is 297 g/mol. The van der Waals surface area contributed by atoms with E-state index in [0.717, 1.165) is 0 Å². The molecule has 0 fully saturated rings. The third-order valence-corrected chi connectivity index (χ3v) is 5.00. The Morgan fingerprint density at radius 1 is 1.20 bits per heavy atom. The van der Waals surface area contributed by atoms with Gasteiger partial charge < -0.3 is 5.32 Å². The van der Waals surface area contributed by atoms with E-state index in [1.807, 2.05) is 13.8 Å². The summed E-state index contributed by atoms with van der Waals surface area (Å²) in [6, 6.07) is 5.08. The Labute approximate surface area is 119 Å². The second-order valence-electron chi connectivity index (χ2n) is 5.29. The molecule has 1 aromatic rings. The first-order valence-corrected chi connectivity index (χ1v) is 7.80. The van der Waals surface area contributed by atoms with Gasteiger partial charge in [0.25, 0.3) is 0 Å². The number of nitrogens with one attached hydrogen (secondary N) is 1. The van der Waals surface area contributed by atoms with E-state index < -0.39 is 10.2 Å². The Morgan fingerprint density at radius 3 is 2.40 bits per heavy atom. The molecule has 0 atom stereocenters. The summed E-state index contributed by atoms with van der Waals surface area (Å²) in [7, 11) is -0.467. The smallest absolute Gasteiger partial charge is 0.326 e. The first kappa shape index (κ1) is 14.6. The molecular weight excluding hydrogens is 278 g/mol. The van der Waals surface area contributed by atoms with E-state index in [4.69, 9.17) is 0 Å². The van der Waals surface area contributed by atoms with Crippen LogP contribution in [-0.4, -0.2) is 28.4 Å². The third kappa shape index (κ3) is 2.45. The standard InChI is InChI=1S/C13H19N3O3S/c1-9(2)7-13(17)14-10-5-6-11-12(8-10)16(4)20(18,19)15(11)3/h5-6,8-9H,7H2,1-4H3,(H,14,17). The van der Waals surface area contributed by atoms with Crippen LogP contribution in [0.5, 0.6) is 0 Å². The number of hydrogen-bond donors (Lipinski definition) is 1. The fraction of sp³-hybridized carbons (Fsp3) is 0.462. The van der Waals surface area contributed by atoms with Crippen molar-refractivity contribution in [2.45, 2.75) is 20.3 Å². The van der Waals surface area contributed by atoms with Gasteiger partial charge in [0.05, 0.1) is 11.4 Å². The van der Waals surface area contributed by atoms with Gasteiger partial charge in [-0.05, 0) is 24.1 Å². The first-order valence-electron chi connectivity index (χ1n) is 6.40. The second kappa shape index (κ2) is 4.97. The lowest BCUT2D eigenvalue weighted by atomic mass is 10.1. The SMILES string of the molecule is CC(C)CC(=O)Nc1ccc2c(c1)N(C)S(=O)(=O)N2C. The summed E-state index contributed by atoms with van der Waals surface area (Å²) in [5.74, 6) is 0.204. The van der Waals surface area contributed by atoms with Crippen LogP contribution in [0, 0.1) is 5.92 Å². The molecule has 0 aromatic heterocycles. The van der Waals surface area contributed by atoms with Gasteiger partial charge in [-0.3, -0.25) is 13.4 Å². The average Bonchev–Trinajstić information content (AvgIpc) is 2.50. The van der Waals surface area contributed by atoms with Crippen molar-refractivity contribution in [1.82, 2.24) is 0 Å². The molecule has 2 rings (SSSR count). The minimum Gasteiger partial charge on any atom is -0.326 e. The van der Waals surface area contributed by atoms with E-state index in [1.165, 1.54) is 22.7 Å². The van der Waals surface area contributed by atoms with Crippen molar-refractivity contribution in [3.05, 3.63) is 18.2 Å². The molecule has 1 amide bonds. The minimum absolute atomic E-state index is 0.0724. The zero-order valence-corrected chi connectivity index (χ0v) is 12.9. The van der Waals surface area contributed by atoms with Crippen LogP contribution in [0.2, 0.25) is 0 Å². The molecule has 0 unspecified atom stereocenters. The number of benzene rings is 1. The topological polar surface area (TPSA) is 69.7 Å². The van der Waals surface area contributed by atoms with E-state index >= 15 is 0 Å². The number of rotatable bonds is 3. The summed E-state index contributed by atoms with van der Waals surface area (Å²) in [6.07, 6.45) is 0.436. The fourth-order valence-corrected chi connectivity index (χ4v) is 3.30. The number of carbonyl (C=O) groups is 1. The lowest BCUT2D eigenvalue weighted by Gasteiger charge is -2.13. The molecule has 6 nitrogen and oxygen atoms in total. The molecule has 7 heteroatoms. The molecule has 0 bridgehead atoms. The van der Waals surface area contributed by atoms with Crippen molar-refractivity contribution < 1.29 is 13.2 Å². The van der Waals surface area contributed by atoms with Crippen LogP contribution in [0.4, 0.5) is 17.1 Å². The van der Waals surface area contributed by atoms with Gasteiger partial charge >= 0.3 is 10.2 Å². The Morgan fingerprint density at radius 2 is 1.80 bits per heavy atom. The van der Waals surface area contributed by atoms with Gasteiger partial charge in [0.2, 0.25) is 5.91 Å². The summed E-state index contributed by atoms with van der Waals surface area (Å²) >= 11 is 0. The Hall–Kier alpha value is -1.76. The summed E-state index contributed by atoms with van der Waals surface area (Å²) < 4.78 is 26.4. The van der Waals surface area contributed by atoms with Gasteiger partial charge in [-0.1, -0.05) is 13.8 Å². The molecule has 1 N–H and O–H groups in total.